The van der Waals surface area contributed by atoms with Gasteiger partial charge in [0.05, 0.1) is 12.3 Å². The maximum atomic E-state index is 15.3. The molecule has 0 fully saturated rings. The second-order valence-corrected chi connectivity index (χ2v) is 9.43. The lowest BCUT2D eigenvalue weighted by molar-refractivity contribution is 0.102. The van der Waals surface area contributed by atoms with Crippen LogP contribution in [-0.2, 0) is 0 Å². The van der Waals surface area contributed by atoms with E-state index in [1.54, 1.807) is 31.3 Å². The first-order chi connectivity index (χ1) is 21.3. The number of H-pyrrole nitrogens is 1. The second kappa shape index (κ2) is 12.9. The van der Waals surface area contributed by atoms with Crippen LogP contribution in [0.5, 0.6) is 11.5 Å². The van der Waals surface area contributed by atoms with E-state index in [0.29, 0.717) is 17.1 Å². The first-order valence-corrected chi connectivity index (χ1v) is 13.5. The summed E-state index contributed by atoms with van der Waals surface area (Å²) in [5.41, 5.74) is 7.91. The predicted molar refractivity (Wildman–Crippen MR) is 166 cm³/mol. The van der Waals surface area contributed by atoms with Gasteiger partial charge >= 0.3 is 0 Å². The molecule has 5 N–H and O–H groups in total. The summed E-state index contributed by atoms with van der Waals surface area (Å²) in [7, 11) is 0. The van der Waals surface area contributed by atoms with Crippen LogP contribution in [0.4, 0.5) is 20.2 Å². The number of carbonyl (C=O) groups is 1. The lowest BCUT2D eigenvalue weighted by atomic mass is 10.0. The monoisotopic (exact) mass is 595 g/mol. The topological polar surface area (TPSA) is 135 Å². The molecule has 0 bridgehead atoms. The zero-order valence-corrected chi connectivity index (χ0v) is 23.4. The number of pyridine rings is 1. The summed E-state index contributed by atoms with van der Waals surface area (Å²) < 4.78 is 41.3. The minimum atomic E-state index is -0.828. The van der Waals surface area contributed by atoms with E-state index in [4.69, 9.17) is 20.6 Å². The van der Waals surface area contributed by atoms with Crippen LogP contribution >= 0.6 is 0 Å². The molecule has 11 heteroatoms. The third kappa shape index (κ3) is 6.26. The van der Waals surface area contributed by atoms with Gasteiger partial charge in [0.2, 0.25) is 0 Å². The van der Waals surface area contributed by atoms with Crippen molar-refractivity contribution in [3.8, 4) is 28.3 Å². The summed E-state index contributed by atoms with van der Waals surface area (Å²) in [6, 6.07) is 19.4. The molecule has 5 aromatic rings. The number of rotatable bonds is 10. The van der Waals surface area contributed by atoms with E-state index < -0.39 is 23.1 Å². The van der Waals surface area contributed by atoms with E-state index in [2.05, 4.69) is 10.3 Å². The summed E-state index contributed by atoms with van der Waals surface area (Å²) >= 11 is 0. The number of nitrogens with one attached hydrogen (secondary N) is 3. The Balaban J connectivity index is 1.41. The number of anilines is 2. The molecule has 2 aromatic heterocycles. The number of aromatic amines is 1. The number of nitrogen functional groups attached to an aromatic ring is 1. The molecule has 0 spiro atoms. The summed E-state index contributed by atoms with van der Waals surface area (Å²) in [5.74, 6) is -2.07. The van der Waals surface area contributed by atoms with Crippen molar-refractivity contribution in [1.29, 1.82) is 5.41 Å². The number of benzene rings is 3. The van der Waals surface area contributed by atoms with E-state index in [0.717, 1.165) is 23.4 Å². The van der Waals surface area contributed by atoms with Crippen molar-refractivity contribution in [2.24, 2.45) is 0 Å². The highest BCUT2D eigenvalue weighted by Gasteiger charge is 2.21. The van der Waals surface area contributed by atoms with Gasteiger partial charge in [-0.25, -0.2) is 8.78 Å². The Morgan fingerprint density at radius 2 is 1.84 bits per heavy atom. The first-order valence-electron chi connectivity index (χ1n) is 13.5. The largest absolute Gasteiger partial charge is 0.493 e. The predicted octanol–water partition coefficient (Wildman–Crippen LogP) is 6.41. The average molecular weight is 596 g/mol. The van der Waals surface area contributed by atoms with Gasteiger partial charge in [0.25, 0.3) is 11.5 Å². The van der Waals surface area contributed by atoms with Crippen molar-refractivity contribution < 1.29 is 23.0 Å². The molecule has 0 aliphatic heterocycles. The van der Waals surface area contributed by atoms with Crippen LogP contribution < -0.4 is 26.1 Å². The molecule has 2 heterocycles. The van der Waals surface area contributed by atoms with E-state index in [1.165, 1.54) is 59.3 Å². The summed E-state index contributed by atoms with van der Waals surface area (Å²) in [6.45, 7) is 1.89. The fourth-order valence-corrected chi connectivity index (χ4v) is 4.55. The van der Waals surface area contributed by atoms with E-state index in [9.17, 15) is 14.0 Å². The standard InChI is InChI=1S/C33H27F2N5O4/c1-2-43-28-14-17-40(24-9-6-21(34)7-10-24)33(42)30(28)32(41)39-23-8-11-27(26(35)19-23)44-29(12-15-36)31-25(13-16-38-31)20-4-3-5-22(37)18-20/h3-19,36,38H,2,37H2,1H3,(H,39,41)/b29-12+,36-15?. The number of halogens is 2. The molecule has 0 saturated heterocycles. The van der Waals surface area contributed by atoms with Crippen LogP contribution in [0.25, 0.3) is 22.6 Å². The van der Waals surface area contributed by atoms with Crippen molar-refractivity contribution in [1.82, 2.24) is 9.55 Å². The number of amides is 1. The Morgan fingerprint density at radius 3 is 2.55 bits per heavy atom. The minimum Gasteiger partial charge on any atom is -0.493 e. The zero-order chi connectivity index (χ0) is 31.2. The third-order valence-corrected chi connectivity index (χ3v) is 6.52. The fraction of sp³-hybridized carbons (Fsp3) is 0.0606. The lowest BCUT2D eigenvalue weighted by Crippen LogP contribution is -2.29. The number of carbonyl (C=O) groups excluding carboxylic acids is 1. The minimum absolute atomic E-state index is 0.0390. The average Bonchev–Trinajstić information content (AvgIpc) is 3.49. The SMILES string of the molecule is CCOc1ccn(-c2ccc(F)cc2)c(=O)c1C(=O)Nc1ccc(O/C(=C/C=N)c2[nH]ccc2-c2cccc(N)c2)c(F)c1. The van der Waals surface area contributed by atoms with Crippen molar-refractivity contribution in [2.75, 3.05) is 17.7 Å². The smallest absolute Gasteiger partial charge is 0.271 e. The van der Waals surface area contributed by atoms with Gasteiger partial charge in [-0.3, -0.25) is 14.2 Å². The molecule has 222 valence electrons. The fourth-order valence-electron chi connectivity index (χ4n) is 4.55. The zero-order valence-electron chi connectivity index (χ0n) is 23.4. The molecule has 44 heavy (non-hydrogen) atoms. The Labute approximate surface area is 250 Å². The molecule has 0 aliphatic rings. The third-order valence-electron chi connectivity index (χ3n) is 6.52. The van der Waals surface area contributed by atoms with Gasteiger partial charge < -0.3 is 30.9 Å². The van der Waals surface area contributed by atoms with Gasteiger partial charge in [-0.15, -0.1) is 0 Å². The van der Waals surface area contributed by atoms with Crippen LogP contribution in [0.1, 0.15) is 23.0 Å². The molecule has 3 aromatic carbocycles. The van der Waals surface area contributed by atoms with Crippen LogP contribution in [-0.4, -0.2) is 28.3 Å². The number of aromatic nitrogens is 2. The number of allylic oxidation sites excluding steroid dienone is 1. The molecule has 1 amide bonds. The van der Waals surface area contributed by atoms with Gasteiger partial charge in [-0.2, -0.15) is 0 Å². The van der Waals surface area contributed by atoms with E-state index in [-0.39, 0.29) is 35.1 Å². The van der Waals surface area contributed by atoms with E-state index in [1.807, 2.05) is 12.1 Å². The van der Waals surface area contributed by atoms with Crippen LogP contribution in [0.15, 0.2) is 102 Å². The Bertz CT molecular complexity index is 1930. The number of nitrogens with zero attached hydrogens (tertiary/aromatic N) is 1. The normalized spacial score (nSPS) is 11.2. The number of hydrogen-bond acceptors (Lipinski definition) is 6. The van der Waals surface area contributed by atoms with Gasteiger partial charge in [0, 0.05) is 53.4 Å². The Kier molecular flexibility index (Phi) is 8.66. The maximum Gasteiger partial charge on any atom is 0.271 e. The lowest BCUT2D eigenvalue weighted by Gasteiger charge is -2.15. The number of nitrogens with two attached hydrogens (primary N) is 1. The maximum absolute atomic E-state index is 15.3. The Hall–Kier alpha value is -5.97. The molecule has 5 rings (SSSR count). The summed E-state index contributed by atoms with van der Waals surface area (Å²) in [5, 5.41) is 10.1. The summed E-state index contributed by atoms with van der Waals surface area (Å²) in [4.78, 5) is 29.7. The van der Waals surface area contributed by atoms with Crippen molar-refractivity contribution in [2.45, 2.75) is 6.92 Å². The van der Waals surface area contributed by atoms with Crippen LogP contribution in [0.2, 0.25) is 0 Å². The van der Waals surface area contributed by atoms with Crippen molar-refractivity contribution >= 4 is 29.3 Å². The molecular formula is C33H27F2N5O4. The highest BCUT2D eigenvalue weighted by atomic mass is 19.1. The van der Waals surface area contributed by atoms with Gasteiger partial charge in [-0.05, 0) is 73.2 Å². The van der Waals surface area contributed by atoms with Crippen molar-refractivity contribution in [3.05, 3.63) is 131 Å². The quantitative estimate of drug-likeness (QED) is 0.0840. The van der Waals surface area contributed by atoms with Gasteiger partial charge in [-0.1, -0.05) is 12.1 Å². The van der Waals surface area contributed by atoms with Gasteiger partial charge in [0.1, 0.15) is 17.1 Å². The molecule has 0 atom stereocenters. The molecule has 0 aliphatic carbocycles. The molecular weight excluding hydrogens is 568 g/mol. The molecule has 0 unspecified atom stereocenters. The number of ether oxygens (including phenoxy) is 2. The van der Waals surface area contributed by atoms with Crippen molar-refractivity contribution in [3.63, 3.8) is 0 Å². The molecule has 9 nitrogen and oxygen atoms in total. The molecule has 0 radical (unpaired) electrons. The highest BCUT2D eigenvalue weighted by molar-refractivity contribution is 6.06. The van der Waals surface area contributed by atoms with Gasteiger partial charge in [0.15, 0.2) is 17.3 Å². The molecule has 0 saturated carbocycles. The van der Waals surface area contributed by atoms with Crippen LogP contribution in [0.3, 0.4) is 0 Å². The van der Waals surface area contributed by atoms with E-state index >= 15 is 4.39 Å². The first kappa shape index (κ1) is 29.5. The summed E-state index contributed by atoms with van der Waals surface area (Å²) in [6.07, 6.45) is 5.49. The van der Waals surface area contributed by atoms with Crippen LogP contribution in [0, 0.1) is 17.0 Å². The highest BCUT2D eigenvalue weighted by Crippen LogP contribution is 2.32. The second-order valence-electron chi connectivity index (χ2n) is 9.43. The Morgan fingerprint density at radius 1 is 1.05 bits per heavy atom. The number of hydrogen-bond donors (Lipinski definition) is 4.